The summed E-state index contributed by atoms with van der Waals surface area (Å²) in [6.07, 6.45) is 0.492. The van der Waals surface area contributed by atoms with Crippen LogP contribution in [0.5, 0.6) is 0 Å². The molecule has 0 aromatic carbocycles. The van der Waals surface area contributed by atoms with Crippen molar-refractivity contribution < 1.29 is 19.7 Å². The third-order valence-corrected chi connectivity index (χ3v) is 5.42. The summed E-state index contributed by atoms with van der Waals surface area (Å²) >= 11 is 0. The first kappa shape index (κ1) is 17.5. The number of aliphatic hydroxyl groups is 2. The molecular formula is C15H30N4O4. The molecule has 3 fully saturated rings. The molecule has 0 radical (unpaired) electrons. The van der Waals surface area contributed by atoms with Crippen LogP contribution in [0.25, 0.3) is 0 Å². The van der Waals surface area contributed by atoms with Crippen LogP contribution in [0.3, 0.4) is 0 Å². The van der Waals surface area contributed by atoms with Crippen LogP contribution >= 0.6 is 0 Å². The second kappa shape index (κ2) is 6.89. The maximum Gasteiger partial charge on any atom is 0.173 e. The van der Waals surface area contributed by atoms with E-state index in [1.165, 1.54) is 0 Å². The first-order chi connectivity index (χ1) is 10.9. The Kier molecular flexibility index (Phi) is 5.24. The number of hydrogen-bond donors (Lipinski definition) is 6. The predicted octanol–water partition coefficient (Wildman–Crippen LogP) is -2.28. The van der Waals surface area contributed by atoms with Gasteiger partial charge in [0.1, 0.15) is 12.2 Å². The van der Waals surface area contributed by atoms with Crippen LogP contribution in [0.4, 0.5) is 0 Å². The maximum absolute atomic E-state index is 10.2. The molecule has 1 saturated heterocycles. The van der Waals surface area contributed by atoms with Gasteiger partial charge < -0.3 is 42.6 Å². The van der Waals surface area contributed by atoms with Gasteiger partial charge in [-0.2, -0.15) is 0 Å². The maximum atomic E-state index is 10.2. The van der Waals surface area contributed by atoms with E-state index in [0.29, 0.717) is 12.3 Å². The summed E-state index contributed by atoms with van der Waals surface area (Å²) in [5, 5.41) is 20.2. The molecule has 2 saturated carbocycles. The molecule has 9 atom stereocenters. The largest absolute Gasteiger partial charge is 0.389 e. The third-order valence-electron chi connectivity index (χ3n) is 5.42. The van der Waals surface area contributed by atoms with E-state index in [9.17, 15) is 10.2 Å². The summed E-state index contributed by atoms with van der Waals surface area (Å²) in [5.74, 6) is 0.525. The van der Waals surface area contributed by atoms with E-state index in [-0.39, 0.29) is 18.2 Å². The SMILES string of the molecule is NC(C1CC1)[C@@H]1CC[C@@H](N)[C@@H](O[C@H]2[C@H](O)[C@@H](O)[C@H](N)C[C@@H]2N)O1. The Morgan fingerprint density at radius 3 is 2.26 bits per heavy atom. The van der Waals surface area contributed by atoms with Crippen molar-refractivity contribution in [2.24, 2.45) is 28.9 Å². The molecule has 3 rings (SSSR count). The van der Waals surface area contributed by atoms with Crippen LogP contribution in [0.2, 0.25) is 0 Å². The van der Waals surface area contributed by atoms with Crippen molar-refractivity contribution in [3.8, 4) is 0 Å². The minimum Gasteiger partial charge on any atom is -0.389 e. The van der Waals surface area contributed by atoms with Crippen molar-refractivity contribution in [3.05, 3.63) is 0 Å². The highest BCUT2D eigenvalue weighted by Gasteiger charge is 2.45. The highest BCUT2D eigenvalue weighted by atomic mass is 16.7. The van der Waals surface area contributed by atoms with Crippen molar-refractivity contribution in [2.75, 3.05) is 0 Å². The average Bonchev–Trinajstić information content (AvgIpc) is 3.35. The second-order valence-electron chi connectivity index (χ2n) is 7.34. The quantitative estimate of drug-likeness (QED) is 0.336. The zero-order valence-electron chi connectivity index (χ0n) is 13.3. The summed E-state index contributed by atoms with van der Waals surface area (Å²) in [5.41, 5.74) is 24.1. The summed E-state index contributed by atoms with van der Waals surface area (Å²) in [6, 6.07) is -1.34. The highest BCUT2D eigenvalue weighted by Crippen LogP contribution is 2.36. The first-order valence-electron chi connectivity index (χ1n) is 8.58. The molecule has 1 heterocycles. The molecule has 2 aliphatic carbocycles. The lowest BCUT2D eigenvalue weighted by Gasteiger charge is -2.44. The predicted molar refractivity (Wildman–Crippen MR) is 84.0 cm³/mol. The Hall–Kier alpha value is -0.320. The fourth-order valence-corrected chi connectivity index (χ4v) is 3.66. The van der Waals surface area contributed by atoms with Gasteiger partial charge in [-0.25, -0.2) is 0 Å². The van der Waals surface area contributed by atoms with Gasteiger partial charge in [0.2, 0.25) is 0 Å². The van der Waals surface area contributed by atoms with Crippen molar-refractivity contribution >= 4 is 0 Å². The van der Waals surface area contributed by atoms with E-state index < -0.39 is 36.7 Å². The molecule has 1 unspecified atom stereocenters. The molecule has 0 amide bonds. The Bertz CT molecular complexity index is 411. The van der Waals surface area contributed by atoms with Crippen molar-refractivity contribution in [2.45, 2.75) is 87.0 Å². The zero-order chi connectivity index (χ0) is 16.7. The number of nitrogens with two attached hydrogens (primary N) is 4. The second-order valence-corrected chi connectivity index (χ2v) is 7.34. The van der Waals surface area contributed by atoms with Gasteiger partial charge in [-0.15, -0.1) is 0 Å². The van der Waals surface area contributed by atoms with Crippen LogP contribution in [0.15, 0.2) is 0 Å². The van der Waals surface area contributed by atoms with Crippen LogP contribution < -0.4 is 22.9 Å². The summed E-state index contributed by atoms with van der Waals surface area (Å²) in [7, 11) is 0. The Morgan fingerprint density at radius 2 is 1.61 bits per heavy atom. The lowest BCUT2D eigenvalue weighted by Crippen LogP contribution is -2.64. The van der Waals surface area contributed by atoms with E-state index in [1.807, 2.05) is 0 Å². The standard InChI is InChI=1S/C15H30N4O4/c16-7-3-4-10(11(19)6-1-2-6)22-15(7)23-14-9(18)5-8(17)12(20)13(14)21/h6-15,20-21H,1-5,16-19H2/t7-,8-,9+,10+,11?,12+,13-,14-,15-/m1/s1. The van der Waals surface area contributed by atoms with E-state index in [4.69, 9.17) is 32.4 Å². The molecule has 23 heavy (non-hydrogen) atoms. The van der Waals surface area contributed by atoms with E-state index in [1.54, 1.807) is 0 Å². The lowest BCUT2D eigenvalue weighted by atomic mass is 9.84. The molecular weight excluding hydrogens is 300 g/mol. The highest BCUT2D eigenvalue weighted by molar-refractivity contribution is 4.98. The van der Waals surface area contributed by atoms with E-state index >= 15 is 0 Å². The molecule has 0 aromatic rings. The molecule has 3 aliphatic rings. The fourth-order valence-electron chi connectivity index (χ4n) is 3.66. The van der Waals surface area contributed by atoms with Crippen molar-refractivity contribution in [3.63, 3.8) is 0 Å². The minimum absolute atomic E-state index is 0.00225. The van der Waals surface area contributed by atoms with E-state index in [2.05, 4.69) is 0 Å². The van der Waals surface area contributed by atoms with E-state index in [0.717, 1.165) is 25.7 Å². The molecule has 1 aliphatic heterocycles. The number of aliphatic hydroxyl groups excluding tert-OH is 2. The first-order valence-corrected chi connectivity index (χ1v) is 8.58. The van der Waals surface area contributed by atoms with Gasteiger partial charge in [-0.05, 0) is 38.0 Å². The van der Waals surface area contributed by atoms with Gasteiger partial charge >= 0.3 is 0 Å². The average molecular weight is 330 g/mol. The van der Waals surface area contributed by atoms with Gasteiger partial charge in [0, 0.05) is 18.1 Å². The molecule has 0 bridgehead atoms. The van der Waals surface area contributed by atoms with Crippen LogP contribution in [0.1, 0.15) is 32.1 Å². The van der Waals surface area contributed by atoms with Gasteiger partial charge in [-0.3, -0.25) is 0 Å². The molecule has 8 nitrogen and oxygen atoms in total. The molecule has 10 N–H and O–H groups in total. The minimum atomic E-state index is -1.15. The van der Waals surface area contributed by atoms with Gasteiger partial charge in [0.25, 0.3) is 0 Å². The molecule has 134 valence electrons. The van der Waals surface area contributed by atoms with Crippen LogP contribution in [-0.2, 0) is 9.47 Å². The van der Waals surface area contributed by atoms with Crippen LogP contribution in [-0.4, -0.2) is 65.1 Å². The molecule has 0 aromatic heterocycles. The van der Waals surface area contributed by atoms with Crippen molar-refractivity contribution in [1.82, 2.24) is 0 Å². The fraction of sp³-hybridized carbons (Fsp3) is 1.00. The van der Waals surface area contributed by atoms with Gasteiger partial charge in [0.15, 0.2) is 6.29 Å². The summed E-state index contributed by atoms with van der Waals surface area (Å²) < 4.78 is 11.8. The Morgan fingerprint density at radius 1 is 0.913 bits per heavy atom. The Labute approximate surface area is 136 Å². The smallest absolute Gasteiger partial charge is 0.173 e. The summed E-state index contributed by atoms with van der Waals surface area (Å²) in [6.45, 7) is 0. The molecule has 8 heteroatoms. The van der Waals surface area contributed by atoms with Gasteiger partial charge in [0.05, 0.1) is 18.2 Å². The number of hydrogen-bond acceptors (Lipinski definition) is 8. The van der Waals surface area contributed by atoms with Crippen LogP contribution in [0, 0.1) is 5.92 Å². The summed E-state index contributed by atoms with van der Waals surface area (Å²) in [4.78, 5) is 0. The zero-order valence-corrected chi connectivity index (χ0v) is 13.3. The monoisotopic (exact) mass is 330 g/mol. The third kappa shape index (κ3) is 3.69. The van der Waals surface area contributed by atoms with Crippen molar-refractivity contribution in [1.29, 1.82) is 0 Å². The lowest BCUT2D eigenvalue weighted by molar-refractivity contribution is -0.256. The number of ether oxygens (including phenoxy) is 2. The Balaban J connectivity index is 1.62. The number of rotatable bonds is 4. The molecule has 0 spiro atoms. The topological polar surface area (TPSA) is 163 Å². The normalized spacial score (nSPS) is 49.8. The van der Waals surface area contributed by atoms with Gasteiger partial charge in [-0.1, -0.05) is 0 Å².